The highest BCUT2D eigenvalue weighted by molar-refractivity contribution is 5.95. The Morgan fingerprint density at radius 2 is 1.91 bits per heavy atom. The Morgan fingerprint density at radius 3 is 2.63 bits per heavy atom. The number of aryl methyl sites for hydroxylation is 1. The molecule has 2 fully saturated rings. The average Bonchev–Trinajstić information content (AvgIpc) is 3.46. The van der Waals surface area contributed by atoms with Gasteiger partial charge in [0.25, 0.3) is 5.56 Å². The van der Waals surface area contributed by atoms with E-state index in [4.69, 9.17) is 4.98 Å². The molecule has 2 aromatic heterocycles. The number of rotatable bonds is 6. The van der Waals surface area contributed by atoms with Crippen LogP contribution in [0.1, 0.15) is 37.0 Å². The van der Waals surface area contributed by atoms with Gasteiger partial charge in [0.05, 0.1) is 6.54 Å². The van der Waals surface area contributed by atoms with Crippen molar-refractivity contribution in [2.75, 3.05) is 24.5 Å². The van der Waals surface area contributed by atoms with Crippen molar-refractivity contribution in [1.29, 1.82) is 0 Å². The fourth-order valence-corrected chi connectivity index (χ4v) is 5.26. The largest absolute Gasteiger partial charge is 0.340 e. The zero-order chi connectivity index (χ0) is 24.7. The highest BCUT2D eigenvalue weighted by Crippen LogP contribution is 2.30. The molecule has 0 unspecified atom stereocenters. The van der Waals surface area contributed by atoms with Gasteiger partial charge in [-0.15, -0.1) is 0 Å². The quantitative estimate of drug-likeness (QED) is 0.432. The van der Waals surface area contributed by atoms with Crippen LogP contribution in [-0.4, -0.2) is 50.1 Å². The maximum Gasteiger partial charge on any atom is 0.332 e. The predicted molar refractivity (Wildman–Crippen MR) is 136 cm³/mol. The molecule has 2 saturated heterocycles. The van der Waals surface area contributed by atoms with Crippen LogP contribution in [0.2, 0.25) is 0 Å². The first-order valence-electron chi connectivity index (χ1n) is 12.2. The highest BCUT2D eigenvalue weighted by Gasteiger charge is 2.36. The van der Waals surface area contributed by atoms with Gasteiger partial charge in [-0.3, -0.25) is 18.7 Å². The van der Waals surface area contributed by atoms with Crippen LogP contribution in [0.25, 0.3) is 11.2 Å². The van der Waals surface area contributed by atoms with E-state index in [1.165, 1.54) is 11.0 Å². The van der Waals surface area contributed by atoms with Gasteiger partial charge in [-0.25, -0.2) is 4.79 Å². The van der Waals surface area contributed by atoms with Crippen molar-refractivity contribution >= 4 is 22.9 Å². The molecule has 2 aliphatic rings. The molecule has 1 aromatic carbocycles. The van der Waals surface area contributed by atoms with Crippen LogP contribution in [-0.2, 0) is 20.1 Å². The van der Waals surface area contributed by atoms with E-state index in [-0.39, 0.29) is 12.3 Å². The smallest absolute Gasteiger partial charge is 0.332 e. The van der Waals surface area contributed by atoms with Crippen molar-refractivity contribution in [1.82, 2.24) is 24.0 Å². The van der Waals surface area contributed by atoms with E-state index >= 15 is 0 Å². The molecule has 1 N–H and O–H groups in total. The molecular weight excluding hydrogens is 444 g/mol. The molecular formula is C26H32N6O3. The number of allylic oxidation sites excluding steroid dienone is 2. The van der Waals surface area contributed by atoms with Crippen molar-refractivity contribution in [3.05, 3.63) is 68.4 Å². The van der Waals surface area contributed by atoms with E-state index < -0.39 is 11.2 Å². The monoisotopic (exact) mass is 476 g/mol. The van der Waals surface area contributed by atoms with Crippen LogP contribution >= 0.6 is 0 Å². The Hall–Kier alpha value is -3.46. The van der Waals surface area contributed by atoms with Gasteiger partial charge in [0.15, 0.2) is 16.9 Å². The summed E-state index contributed by atoms with van der Waals surface area (Å²) in [6.45, 7) is 6.89. The number of nitrogens with zero attached hydrogens (tertiary/aromatic N) is 5. The van der Waals surface area contributed by atoms with Gasteiger partial charge in [0.1, 0.15) is 0 Å². The zero-order valence-corrected chi connectivity index (χ0v) is 20.5. The second-order valence-electron chi connectivity index (χ2n) is 9.87. The molecule has 5 rings (SSSR count). The van der Waals surface area contributed by atoms with Gasteiger partial charge in [0, 0.05) is 38.3 Å². The standard InChI is InChI=1S/C26H32N6O3/c1-17(2)11-13-31-22-23(28-25(31)30-14-19-10-7-12-27-20(19)15-30)29(3)26(35)32(24(22)34)16-21(33)18-8-5-4-6-9-18/h4-6,8-9,11,19-20,27H,7,10,12-16H2,1-3H3/t19-,20+/m1/s1. The molecule has 3 aromatic rings. The van der Waals surface area contributed by atoms with Crippen LogP contribution in [0.3, 0.4) is 0 Å². The predicted octanol–water partition coefficient (Wildman–Crippen LogP) is 1.93. The summed E-state index contributed by atoms with van der Waals surface area (Å²) in [6.07, 6.45) is 4.39. The number of aromatic nitrogens is 4. The van der Waals surface area contributed by atoms with Crippen molar-refractivity contribution in [2.45, 2.75) is 45.8 Å². The number of benzene rings is 1. The van der Waals surface area contributed by atoms with Crippen molar-refractivity contribution in [2.24, 2.45) is 13.0 Å². The zero-order valence-electron chi connectivity index (χ0n) is 20.5. The molecule has 2 atom stereocenters. The second-order valence-corrected chi connectivity index (χ2v) is 9.87. The second kappa shape index (κ2) is 9.30. The summed E-state index contributed by atoms with van der Waals surface area (Å²) in [5.74, 6) is 0.965. The van der Waals surface area contributed by atoms with Crippen LogP contribution < -0.4 is 21.5 Å². The van der Waals surface area contributed by atoms with E-state index in [2.05, 4.69) is 16.3 Å². The number of carbonyl (C=O) groups is 1. The Kier molecular flexibility index (Phi) is 6.19. The number of Topliss-reactive ketones (excluding diaryl/α,β-unsaturated/α-hetero) is 1. The Morgan fingerprint density at radius 1 is 1.14 bits per heavy atom. The highest BCUT2D eigenvalue weighted by atomic mass is 16.2. The fraction of sp³-hybridized carbons (Fsp3) is 0.462. The van der Waals surface area contributed by atoms with Crippen LogP contribution in [0.15, 0.2) is 51.6 Å². The van der Waals surface area contributed by atoms with E-state index in [0.29, 0.717) is 41.2 Å². The van der Waals surface area contributed by atoms with Crippen molar-refractivity contribution < 1.29 is 4.79 Å². The molecule has 35 heavy (non-hydrogen) atoms. The summed E-state index contributed by atoms with van der Waals surface area (Å²) in [5, 5.41) is 3.61. The van der Waals surface area contributed by atoms with E-state index in [1.54, 1.807) is 31.3 Å². The Labute approximate surface area is 203 Å². The molecule has 9 nitrogen and oxygen atoms in total. The topological polar surface area (TPSA) is 94.2 Å². The molecule has 0 spiro atoms. The number of hydrogen-bond acceptors (Lipinski definition) is 6. The first kappa shape index (κ1) is 23.3. The lowest BCUT2D eigenvalue weighted by Crippen LogP contribution is -2.41. The maximum absolute atomic E-state index is 13.7. The number of hydrogen-bond donors (Lipinski definition) is 1. The summed E-state index contributed by atoms with van der Waals surface area (Å²) in [5.41, 5.74) is 1.27. The number of anilines is 1. The third-order valence-electron chi connectivity index (χ3n) is 7.17. The van der Waals surface area contributed by atoms with Gasteiger partial charge < -0.3 is 14.8 Å². The third kappa shape index (κ3) is 4.25. The van der Waals surface area contributed by atoms with Gasteiger partial charge in [-0.1, -0.05) is 42.0 Å². The summed E-state index contributed by atoms with van der Waals surface area (Å²) < 4.78 is 4.33. The van der Waals surface area contributed by atoms with Gasteiger partial charge in [0.2, 0.25) is 5.95 Å². The lowest BCUT2D eigenvalue weighted by molar-refractivity contribution is 0.0969. The molecule has 4 heterocycles. The molecule has 0 saturated carbocycles. The Bertz CT molecular complexity index is 1400. The maximum atomic E-state index is 13.7. The molecule has 2 aliphatic heterocycles. The number of ketones is 1. The first-order chi connectivity index (χ1) is 16.8. The van der Waals surface area contributed by atoms with Gasteiger partial charge in [-0.05, 0) is 39.2 Å². The van der Waals surface area contributed by atoms with Crippen molar-refractivity contribution in [3.8, 4) is 0 Å². The fourth-order valence-electron chi connectivity index (χ4n) is 5.26. The molecule has 0 bridgehead atoms. The van der Waals surface area contributed by atoms with Crippen LogP contribution in [0.5, 0.6) is 0 Å². The van der Waals surface area contributed by atoms with E-state index in [0.717, 1.165) is 36.2 Å². The molecule has 9 heteroatoms. The average molecular weight is 477 g/mol. The minimum Gasteiger partial charge on any atom is -0.340 e. The lowest BCUT2D eigenvalue weighted by atomic mass is 9.94. The normalized spacial score (nSPS) is 19.7. The van der Waals surface area contributed by atoms with E-state index in [1.807, 2.05) is 24.5 Å². The SMILES string of the molecule is CC(C)=CCn1c(N2C[C@H]3CCCN[C@H]3C2)nc2c1c(=O)n(CC(=O)c1ccccc1)c(=O)n2C. The minimum absolute atomic E-state index is 0.283. The van der Waals surface area contributed by atoms with E-state index in [9.17, 15) is 14.4 Å². The number of piperidine rings is 1. The molecule has 0 amide bonds. The molecule has 0 radical (unpaired) electrons. The van der Waals surface area contributed by atoms with Gasteiger partial charge >= 0.3 is 5.69 Å². The van der Waals surface area contributed by atoms with Crippen LogP contribution in [0.4, 0.5) is 5.95 Å². The Balaban J connectivity index is 1.63. The number of carbonyl (C=O) groups excluding carboxylic acids is 1. The number of imidazole rings is 1. The number of nitrogens with one attached hydrogen (secondary N) is 1. The lowest BCUT2D eigenvalue weighted by Gasteiger charge is -2.24. The van der Waals surface area contributed by atoms with Crippen molar-refractivity contribution in [3.63, 3.8) is 0 Å². The minimum atomic E-state index is -0.540. The van der Waals surface area contributed by atoms with Gasteiger partial charge in [-0.2, -0.15) is 4.98 Å². The summed E-state index contributed by atoms with van der Waals surface area (Å²) in [7, 11) is 1.61. The number of fused-ring (bicyclic) bond motifs is 2. The molecule has 0 aliphatic carbocycles. The molecule has 184 valence electrons. The summed E-state index contributed by atoms with van der Waals surface area (Å²) in [6, 6.07) is 9.13. The van der Waals surface area contributed by atoms with Crippen LogP contribution in [0, 0.1) is 5.92 Å². The first-order valence-corrected chi connectivity index (χ1v) is 12.2. The third-order valence-corrected chi connectivity index (χ3v) is 7.17. The summed E-state index contributed by atoms with van der Waals surface area (Å²) in [4.78, 5) is 46.8. The summed E-state index contributed by atoms with van der Waals surface area (Å²) >= 11 is 0.